The predicted molar refractivity (Wildman–Crippen MR) is 41.4 cm³/mol. The number of sulfone groups is 1. The molecular weight excluding hydrogens is 186 g/mol. The van der Waals surface area contributed by atoms with E-state index in [-0.39, 0.29) is 4.91 Å². The van der Waals surface area contributed by atoms with Crippen LogP contribution in [-0.4, -0.2) is 14.2 Å². The molecule has 0 N–H and O–H groups in total. The van der Waals surface area contributed by atoms with E-state index in [1.807, 2.05) is 0 Å². The average Bonchev–Trinajstić information content (AvgIpc) is 2.06. The zero-order valence-corrected chi connectivity index (χ0v) is 7.02. The molecule has 0 unspecified atom stereocenters. The fraction of sp³-hybridized carbons (Fsp3) is 0.429. The van der Waals surface area contributed by atoms with Gasteiger partial charge in [-0.15, -0.1) is 0 Å². The quantitative estimate of drug-likeness (QED) is 0.672. The Hall–Kier alpha value is -0.710. The van der Waals surface area contributed by atoms with E-state index < -0.39 is 15.6 Å². The average molecular weight is 194 g/mol. The summed E-state index contributed by atoms with van der Waals surface area (Å²) in [5.74, 6) is -3.31. The lowest BCUT2D eigenvalue weighted by Crippen LogP contribution is -2.13. The maximum atomic E-state index is 11.9. The number of hydrogen-bond donors (Lipinski definition) is 0. The molecule has 0 saturated carbocycles. The molecule has 12 heavy (non-hydrogen) atoms. The maximum absolute atomic E-state index is 11.9. The first-order valence-corrected chi connectivity index (χ1v) is 4.98. The lowest BCUT2D eigenvalue weighted by Gasteiger charge is -2.06. The molecule has 2 nitrogen and oxygen atoms in total. The molecule has 0 amide bonds. The van der Waals surface area contributed by atoms with Crippen LogP contribution in [0.1, 0.15) is 12.8 Å². The summed E-state index contributed by atoms with van der Waals surface area (Å²) >= 11 is 0. The van der Waals surface area contributed by atoms with Gasteiger partial charge in [0, 0.05) is 0 Å². The van der Waals surface area contributed by atoms with Gasteiger partial charge in [0.05, 0.1) is 4.91 Å². The number of halogens is 2. The zero-order valence-electron chi connectivity index (χ0n) is 6.20. The molecule has 5 heteroatoms. The van der Waals surface area contributed by atoms with E-state index in [0.717, 1.165) is 0 Å². The minimum absolute atomic E-state index is 0.260. The highest BCUT2D eigenvalue weighted by atomic mass is 32.2. The van der Waals surface area contributed by atoms with E-state index in [1.165, 1.54) is 12.2 Å². The van der Waals surface area contributed by atoms with Crippen LogP contribution in [0.2, 0.25) is 0 Å². The minimum Gasteiger partial charge on any atom is -0.218 e. The fourth-order valence-corrected chi connectivity index (χ4v) is 1.75. The highest BCUT2D eigenvalue weighted by Crippen LogP contribution is 2.21. The number of alkyl halides is 2. The SMILES string of the molecule is O=S(=O)(C1=CCCC=C1)C(F)F. The molecule has 0 saturated heterocycles. The smallest absolute Gasteiger partial charge is 0.218 e. The van der Waals surface area contributed by atoms with E-state index in [1.54, 1.807) is 6.08 Å². The summed E-state index contributed by atoms with van der Waals surface area (Å²) in [4.78, 5) is -0.260. The molecule has 0 bridgehead atoms. The van der Waals surface area contributed by atoms with Gasteiger partial charge in [-0.25, -0.2) is 8.42 Å². The third-order valence-electron chi connectivity index (χ3n) is 1.52. The van der Waals surface area contributed by atoms with Crippen LogP contribution in [0.4, 0.5) is 8.78 Å². The van der Waals surface area contributed by atoms with Crippen molar-refractivity contribution in [3.63, 3.8) is 0 Å². The monoisotopic (exact) mass is 194 g/mol. The summed E-state index contributed by atoms with van der Waals surface area (Å²) in [5.41, 5.74) is 0. The minimum atomic E-state index is -4.36. The van der Waals surface area contributed by atoms with E-state index in [4.69, 9.17) is 0 Å². The first-order valence-electron chi connectivity index (χ1n) is 3.44. The topological polar surface area (TPSA) is 34.1 Å². The normalized spacial score (nSPS) is 18.1. The molecule has 0 aromatic rings. The summed E-state index contributed by atoms with van der Waals surface area (Å²) in [6.45, 7) is 0. The van der Waals surface area contributed by atoms with Gasteiger partial charge in [-0.2, -0.15) is 8.78 Å². The number of rotatable bonds is 2. The van der Waals surface area contributed by atoms with Crippen molar-refractivity contribution < 1.29 is 17.2 Å². The zero-order chi connectivity index (χ0) is 9.19. The third kappa shape index (κ3) is 1.72. The molecule has 1 aliphatic carbocycles. The maximum Gasteiger partial charge on any atom is 0.341 e. The Bertz CT molecular complexity index is 314. The summed E-state index contributed by atoms with van der Waals surface area (Å²) in [6.07, 6.45) is 5.35. The van der Waals surface area contributed by atoms with Crippen molar-refractivity contribution in [3.05, 3.63) is 23.1 Å². The molecule has 0 aromatic carbocycles. The lowest BCUT2D eigenvalue weighted by molar-refractivity contribution is 0.236. The second-order valence-electron chi connectivity index (χ2n) is 2.39. The third-order valence-corrected chi connectivity index (χ3v) is 2.95. The molecule has 0 radical (unpaired) electrons. The first kappa shape index (κ1) is 9.38. The van der Waals surface area contributed by atoms with Crippen molar-refractivity contribution in [3.8, 4) is 0 Å². The molecule has 0 aromatic heterocycles. The summed E-state index contributed by atoms with van der Waals surface area (Å²) in [5, 5.41) is 0. The Morgan fingerprint density at radius 3 is 2.42 bits per heavy atom. The Morgan fingerprint density at radius 1 is 1.33 bits per heavy atom. The van der Waals surface area contributed by atoms with Crippen molar-refractivity contribution in [1.29, 1.82) is 0 Å². The van der Waals surface area contributed by atoms with Gasteiger partial charge in [0.2, 0.25) is 9.84 Å². The molecule has 0 aliphatic heterocycles. The van der Waals surface area contributed by atoms with Gasteiger partial charge in [-0.3, -0.25) is 0 Å². The van der Waals surface area contributed by atoms with Crippen LogP contribution in [0.3, 0.4) is 0 Å². The van der Waals surface area contributed by atoms with Crippen LogP contribution >= 0.6 is 0 Å². The van der Waals surface area contributed by atoms with Crippen molar-refractivity contribution in [1.82, 2.24) is 0 Å². The van der Waals surface area contributed by atoms with Crippen LogP contribution in [-0.2, 0) is 9.84 Å². The van der Waals surface area contributed by atoms with Crippen molar-refractivity contribution >= 4 is 9.84 Å². The molecular formula is C7H8F2O2S. The molecule has 0 spiro atoms. The van der Waals surface area contributed by atoms with E-state index in [9.17, 15) is 17.2 Å². The van der Waals surface area contributed by atoms with Crippen LogP contribution in [0.15, 0.2) is 23.1 Å². The molecule has 0 atom stereocenters. The van der Waals surface area contributed by atoms with Gasteiger partial charge in [0.15, 0.2) is 0 Å². The summed E-state index contributed by atoms with van der Waals surface area (Å²) < 4.78 is 45.5. The Morgan fingerprint density at radius 2 is 2.00 bits per heavy atom. The van der Waals surface area contributed by atoms with E-state index in [0.29, 0.717) is 12.8 Å². The van der Waals surface area contributed by atoms with Gasteiger partial charge in [-0.05, 0) is 18.9 Å². The highest BCUT2D eigenvalue weighted by Gasteiger charge is 2.27. The Balaban J connectivity index is 2.97. The molecule has 0 heterocycles. The van der Waals surface area contributed by atoms with Gasteiger partial charge < -0.3 is 0 Å². The van der Waals surface area contributed by atoms with Crippen LogP contribution in [0, 0.1) is 0 Å². The van der Waals surface area contributed by atoms with Crippen LogP contribution in [0.25, 0.3) is 0 Å². The summed E-state index contributed by atoms with van der Waals surface area (Å²) in [7, 11) is -4.36. The lowest BCUT2D eigenvalue weighted by atomic mass is 10.2. The van der Waals surface area contributed by atoms with Crippen molar-refractivity contribution in [2.45, 2.75) is 18.6 Å². The van der Waals surface area contributed by atoms with Crippen LogP contribution in [0.5, 0.6) is 0 Å². The summed E-state index contributed by atoms with van der Waals surface area (Å²) in [6, 6.07) is 0. The van der Waals surface area contributed by atoms with Crippen LogP contribution < -0.4 is 0 Å². The first-order chi connectivity index (χ1) is 5.55. The predicted octanol–water partition coefficient (Wildman–Crippen LogP) is 1.86. The molecule has 1 aliphatic rings. The van der Waals surface area contributed by atoms with Gasteiger partial charge >= 0.3 is 5.76 Å². The molecule has 68 valence electrons. The van der Waals surface area contributed by atoms with Gasteiger partial charge in [0.25, 0.3) is 0 Å². The fourth-order valence-electron chi connectivity index (χ4n) is 0.903. The molecule has 0 fully saturated rings. The van der Waals surface area contributed by atoms with E-state index in [2.05, 4.69) is 0 Å². The Labute approximate surface area is 69.5 Å². The van der Waals surface area contributed by atoms with Gasteiger partial charge in [-0.1, -0.05) is 12.2 Å². The largest absolute Gasteiger partial charge is 0.341 e. The van der Waals surface area contributed by atoms with Gasteiger partial charge in [0.1, 0.15) is 0 Å². The van der Waals surface area contributed by atoms with Crippen molar-refractivity contribution in [2.75, 3.05) is 0 Å². The van der Waals surface area contributed by atoms with Crippen molar-refractivity contribution in [2.24, 2.45) is 0 Å². The number of hydrogen-bond acceptors (Lipinski definition) is 2. The Kier molecular flexibility index (Phi) is 2.62. The van der Waals surface area contributed by atoms with E-state index >= 15 is 0 Å². The highest BCUT2D eigenvalue weighted by molar-refractivity contribution is 7.95. The molecule has 1 rings (SSSR count). The number of allylic oxidation sites excluding steroid dienone is 3. The standard InChI is InChI=1S/C7H8F2O2S/c8-7(9)12(10,11)6-4-2-1-3-5-6/h2,4-5,7H,1,3H2. The second-order valence-corrected chi connectivity index (χ2v) is 4.31. The second kappa shape index (κ2) is 3.35.